The lowest BCUT2D eigenvalue weighted by Crippen LogP contribution is -2.37. The number of aromatic nitrogens is 1. The van der Waals surface area contributed by atoms with Crippen molar-refractivity contribution in [1.82, 2.24) is 9.88 Å². The molecule has 6 nitrogen and oxygen atoms in total. The van der Waals surface area contributed by atoms with Gasteiger partial charge in [0.25, 0.3) is 5.91 Å². The Kier molecular flexibility index (Phi) is 6.23. The highest BCUT2D eigenvalue weighted by Gasteiger charge is 2.44. The van der Waals surface area contributed by atoms with Crippen molar-refractivity contribution in [2.45, 2.75) is 25.9 Å². The molecule has 1 aliphatic heterocycles. The maximum Gasteiger partial charge on any atom is 0.256 e. The van der Waals surface area contributed by atoms with Crippen LogP contribution in [0.5, 0.6) is 0 Å². The molecule has 0 radical (unpaired) electrons. The Hall–Kier alpha value is -3.65. The van der Waals surface area contributed by atoms with Crippen molar-refractivity contribution >= 4 is 40.5 Å². The highest BCUT2D eigenvalue weighted by atomic mass is 32.1. The van der Waals surface area contributed by atoms with E-state index in [0.29, 0.717) is 23.0 Å². The zero-order valence-electron chi connectivity index (χ0n) is 17.4. The molecular weight excluding hydrogens is 427 g/mol. The average Bonchev–Trinajstić information content (AvgIpc) is 3.01. The maximum absolute atomic E-state index is 13.4. The molecule has 1 saturated heterocycles. The van der Waals surface area contributed by atoms with Crippen LogP contribution < -0.4 is 10.2 Å². The van der Waals surface area contributed by atoms with Crippen molar-refractivity contribution in [3.63, 3.8) is 0 Å². The second-order valence-electron chi connectivity index (χ2n) is 7.52. The van der Waals surface area contributed by atoms with Gasteiger partial charge in [0.2, 0.25) is 5.91 Å². The number of carbonyl (C=O) groups is 2. The SMILES string of the molecule is Cc1ccc(N2C(=O)C(CC(=O)Nc3ccc(F)cc3)N(Cc3ccccn3)C2=S)cc1. The van der Waals surface area contributed by atoms with Gasteiger partial charge in [-0.2, -0.15) is 0 Å². The van der Waals surface area contributed by atoms with Gasteiger partial charge in [0.05, 0.1) is 24.3 Å². The van der Waals surface area contributed by atoms with E-state index in [4.69, 9.17) is 12.2 Å². The fraction of sp³-hybridized carbons (Fsp3) is 0.167. The smallest absolute Gasteiger partial charge is 0.256 e. The molecule has 0 saturated carbocycles. The lowest BCUT2D eigenvalue weighted by Gasteiger charge is -2.23. The lowest BCUT2D eigenvalue weighted by molar-refractivity contribution is -0.124. The molecule has 1 N–H and O–H groups in total. The van der Waals surface area contributed by atoms with Crippen LogP contribution in [-0.2, 0) is 16.1 Å². The predicted molar refractivity (Wildman–Crippen MR) is 124 cm³/mol. The molecule has 8 heteroatoms. The van der Waals surface area contributed by atoms with Crippen molar-refractivity contribution in [2.75, 3.05) is 10.2 Å². The number of nitrogens with zero attached hydrogens (tertiary/aromatic N) is 3. The number of rotatable bonds is 6. The molecule has 1 aromatic heterocycles. The zero-order valence-corrected chi connectivity index (χ0v) is 18.2. The Morgan fingerprint density at radius 3 is 2.47 bits per heavy atom. The van der Waals surface area contributed by atoms with Gasteiger partial charge < -0.3 is 10.2 Å². The molecule has 0 bridgehead atoms. The summed E-state index contributed by atoms with van der Waals surface area (Å²) in [5, 5.41) is 3.04. The molecule has 1 fully saturated rings. The molecule has 162 valence electrons. The highest BCUT2D eigenvalue weighted by molar-refractivity contribution is 7.80. The van der Waals surface area contributed by atoms with Crippen LogP contribution >= 0.6 is 12.2 Å². The summed E-state index contributed by atoms with van der Waals surface area (Å²) in [5.74, 6) is -1.03. The molecule has 2 amide bonds. The van der Waals surface area contributed by atoms with Gasteiger partial charge in [-0.05, 0) is 67.7 Å². The number of halogens is 1. The van der Waals surface area contributed by atoms with Crippen molar-refractivity contribution in [1.29, 1.82) is 0 Å². The van der Waals surface area contributed by atoms with Gasteiger partial charge >= 0.3 is 0 Å². The maximum atomic E-state index is 13.4. The summed E-state index contributed by atoms with van der Waals surface area (Å²) in [4.78, 5) is 33.6. The first kappa shape index (κ1) is 21.6. The summed E-state index contributed by atoms with van der Waals surface area (Å²) in [6, 6.07) is 17.7. The van der Waals surface area contributed by atoms with Crippen LogP contribution in [-0.4, -0.2) is 32.9 Å². The number of nitrogens with one attached hydrogen (secondary N) is 1. The normalized spacial score (nSPS) is 15.9. The van der Waals surface area contributed by atoms with Crippen molar-refractivity contribution in [3.8, 4) is 0 Å². The van der Waals surface area contributed by atoms with Gasteiger partial charge in [-0.15, -0.1) is 0 Å². The fourth-order valence-electron chi connectivity index (χ4n) is 3.53. The number of carbonyl (C=O) groups excluding carboxylic acids is 2. The van der Waals surface area contributed by atoms with E-state index in [9.17, 15) is 14.0 Å². The van der Waals surface area contributed by atoms with Crippen LogP contribution in [0, 0.1) is 12.7 Å². The van der Waals surface area contributed by atoms with Crippen molar-refractivity contribution < 1.29 is 14.0 Å². The second-order valence-corrected chi connectivity index (χ2v) is 7.88. The summed E-state index contributed by atoms with van der Waals surface area (Å²) < 4.78 is 13.1. The molecule has 4 rings (SSSR count). The van der Waals surface area contributed by atoms with Crippen LogP contribution in [0.15, 0.2) is 72.9 Å². The summed E-state index contributed by atoms with van der Waals surface area (Å²) in [6.45, 7) is 2.26. The molecular formula is C24H21FN4O2S. The van der Waals surface area contributed by atoms with E-state index >= 15 is 0 Å². The zero-order chi connectivity index (χ0) is 22.7. The first-order chi connectivity index (χ1) is 15.4. The van der Waals surface area contributed by atoms with Gasteiger partial charge in [0.1, 0.15) is 11.9 Å². The van der Waals surface area contributed by atoms with E-state index in [1.165, 1.54) is 29.2 Å². The summed E-state index contributed by atoms with van der Waals surface area (Å²) in [7, 11) is 0. The predicted octanol–water partition coefficient (Wildman–Crippen LogP) is 4.06. The summed E-state index contributed by atoms with van der Waals surface area (Å²) in [5.41, 5.74) is 2.90. The minimum Gasteiger partial charge on any atom is -0.330 e. The van der Waals surface area contributed by atoms with Crippen LogP contribution in [0.3, 0.4) is 0 Å². The van der Waals surface area contributed by atoms with E-state index in [-0.39, 0.29) is 18.2 Å². The average molecular weight is 449 g/mol. The molecule has 0 spiro atoms. The fourth-order valence-corrected chi connectivity index (χ4v) is 3.92. The second kappa shape index (κ2) is 9.23. The van der Waals surface area contributed by atoms with Crippen molar-refractivity contribution in [2.24, 2.45) is 0 Å². The highest BCUT2D eigenvalue weighted by Crippen LogP contribution is 2.29. The van der Waals surface area contributed by atoms with Gasteiger partial charge in [0.15, 0.2) is 5.11 Å². The van der Waals surface area contributed by atoms with Crippen molar-refractivity contribution in [3.05, 3.63) is 90.0 Å². The first-order valence-corrected chi connectivity index (χ1v) is 10.5. The Bertz CT molecular complexity index is 1140. The van der Waals surface area contributed by atoms with Crippen LogP contribution in [0.2, 0.25) is 0 Å². The number of amides is 2. The van der Waals surface area contributed by atoms with Gasteiger partial charge in [-0.3, -0.25) is 19.5 Å². The molecule has 32 heavy (non-hydrogen) atoms. The summed E-state index contributed by atoms with van der Waals surface area (Å²) >= 11 is 5.66. The number of aryl methyl sites for hydroxylation is 1. The molecule has 1 atom stereocenters. The van der Waals surface area contributed by atoms with E-state index in [0.717, 1.165) is 11.3 Å². The Balaban J connectivity index is 1.59. The van der Waals surface area contributed by atoms with E-state index in [2.05, 4.69) is 10.3 Å². The largest absolute Gasteiger partial charge is 0.330 e. The minimum absolute atomic E-state index is 0.106. The van der Waals surface area contributed by atoms with E-state index in [1.807, 2.05) is 49.4 Å². The molecule has 0 aliphatic carbocycles. The Morgan fingerprint density at radius 1 is 1.09 bits per heavy atom. The quantitative estimate of drug-likeness (QED) is 0.576. The van der Waals surface area contributed by atoms with Crippen LogP contribution in [0.25, 0.3) is 0 Å². The van der Waals surface area contributed by atoms with E-state index in [1.54, 1.807) is 11.1 Å². The van der Waals surface area contributed by atoms with Crippen LogP contribution in [0.4, 0.5) is 15.8 Å². The van der Waals surface area contributed by atoms with Gasteiger partial charge in [-0.25, -0.2) is 4.39 Å². The third-order valence-electron chi connectivity index (χ3n) is 5.18. The van der Waals surface area contributed by atoms with Gasteiger partial charge in [0, 0.05) is 11.9 Å². The molecule has 2 heterocycles. The number of hydrogen-bond donors (Lipinski definition) is 1. The number of thiocarbonyl (C=S) groups is 1. The number of anilines is 2. The van der Waals surface area contributed by atoms with Crippen LogP contribution in [0.1, 0.15) is 17.7 Å². The van der Waals surface area contributed by atoms with E-state index < -0.39 is 11.9 Å². The van der Waals surface area contributed by atoms with Gasteiger partial charge in [-0.1, -0.05) is 23.8 Å². The minimum atomic E-state index is -0.786. The number of hydrogen-bond acceptors (Lipinski definition) is 4. The molecule has 1 unspecified atom stereocenters. The third-order valence-corrected chi connectivity index (χ3v) is 5.59. The number of pyridine rings is 1. The molecule has 1 aliphatic rings. The summed E-state index contributed by atoms with van der Waals surface area (Å²) in [6.07, 6.45) is 1.57. The third kappa shape index (κ3) is 4.65. The standard InChI is InChI=1S/C24H21FN4O2S/c1-16-5-11-20(12-6-16)29-23(31)21(14-22(30)27-18-9-7-17(25)8-10-18)28(24(29)32)15-19-4-2-3-13-26-19/h2-13,21H,14-15H2,1H3,(H,27,30). The number of benzene rings is 2. The Morgan fingerprint density at radius 2 is 1.81 bits per heavy atom. The first-order valence-electron chi connectivity index (χ1n) is 10.1. The molecule has 2 aromatic carbocycles. The topological polar surface area (TPSA) is 65.5 Å². The Labute approximate surface area is 190 Å². The molecule has 3 aromatic rings. The lowest BCUT2D eigenvalue weighted by atomic mass is 10.1. The monoisotopic (exact) mass is 448 g/mol.